The van der Waals surface area contributed by atoms with Gasteiger partial charge in [0.15, 0.2) is 0 Å². The first kappa shape index (κ1) is 13.4. The van der Waals surface area contributed by atoms with Crippen molar-refractivity contribution in [3.8, 4) is 0 Å². The Kier molecular flexibility index (Phi) is 2.73. The van der Waals surface area contributed by atoms with Crippen molar-refractivity contribution in [2.45, 2.75) is 0 Å². The monoisotopic (exact) mass is 303 g/mol. The van der Waals surface area contributed by atoms with Crippen LogP contribution in [-0.4, -0.2) is 14.8 Å². The summed E-state index contributed by atoms with van der Waals surface area (Å²) in [5, 5.41) is 33.1. The van der Waals surface area contributed by atoms with Crippen molar-refractivity contribution in [3.05, 3.63) is 60.7 Å². The second-order valence-corrected chi connectivity index (χ2v) is 4.40. The van der Waals surface area contributed by atoms with Crippen LogP contribution in [0.1, 0.15) is 0 Å². The van der Waals surface area contributed by atoms with Crippen LogP contribution in [0.3, 0.4) is 0 Å². The summed E-state index contributed by atoms with van der Waals surface area (Å²) in [5.41, 5.74) is -1.30. The zero-order valence-electron chi connectivity index (χ0n) is 10.6. The molecule has 0 bridgehead atoms. The summed E-state index contributed by atoms with van der Waals surface area (Å²) in [7, 11) is 0. The molecule has 10 heteroatoms. The lowest BCUT2D eigenvalue weighted by atomic mass is 10.1. The highest BCUT2D eigenvalue weighted by Crippen LogP contribution is 2.38. The van der Waals surface area contributed by atoms with E-state index in [9.17, 15) is 30.3 Å². The number of hydrogen-bond acceptors (Lipinski definition) is 7. The van der Waals surface area contributed by atoms with E-state index in [1.807, 2.05) is 0 Å². The van der Waals surface area contributed by atoms with E-state index in [0.717, 1.165) is 18.2 Å². The predicted octanol–water partition coefficient (Wildman–Crippen LogP) is 3.31. The average molecular weight is 303 g/mol. The lowest BCUT2D eigenvalue weighted by molar-refractivity contribution is -0.393. The van der Waals surface area contributed by atoms with Crippen molar-refractivity contribution in [1.29, 1.82) is 0 Å². The molecule has 0 fully saturated rings. The molecule has 22 heavy (non-hydrogen) atoms. The van der Waals surface area contributed by atoms with Crippen LogP contribution in [0.4, 0.5) is 17.1 Å². The first-order valence-corrected chi connectivity index (χ1v) is 5.82. The molecule has 0 amide bonds. The molecule has 0 aliphatic rings. The van der Waals surface area contributed by atoms with Crippen molar-refractivity contribution in [3.63, 3.8) is 0 Å². The van der Waals surface area contributed by atoms with Gasteiger partial charge in [0.1, 0.15) is 5.58 Å². The Labute approximate surface area is 120 Å². The van der Waals surface area contributed by atoms with E-state index < -0.39 is 26.1 Å². The van der Waals surface area contributed by atoms with Crippen LogP contribution >= 0.6 is 0 Å². The number of nitro benzene ring substituents is 3. The Bertz CT molecular complexity index is 976. The van der Waals surface area contributed by atoms with Gasteiger partial charge < -0.3 is 4.42 Å². The summed E-state index contributed by atoms with van der Waals surface area (Å²) in [4.78, 5) is 30.6. The number of nitrogens with zero attached hydrogens (tertiary/aromatic N) is 3. The molecule has 0 N–H and O–H groups in total. The molecule has 0 saturated heterocycles. The largest absolute Gasteiger partial charge is 0.449 e. The molecule has 0 aliphatic heterocycles. The minimum atomic E-state index is -0.799. The summed E-state index contributed by atoms with van der Waals surface area (Å²) in [5.74, 6) is 0. The smallest absolute Gasteiger partial charge is 0.319 e. The minimum absolute atomic E-state index is 0.0830. The van der Waals surface area contributed by atoms with Gasteiger partial charge in [-0.1, -0.05) is 0 Å². The fraction of sp³-hybridized carbons (Fsp3) is 0. The summed E-state index contributed by atoms with van der Waals surface area (Å²) >= 11 is 0. The van der Waals surface area contributed by atoms with Gasteiger partial charge >= 0.3 is 5.69 Å². The van der Waals surface area contributed by atoms with Crippen LogP contribution in [0.25, 0.3) is 21.9 Å². The standard InChI is InChI=1S/C12H5N3O7/c16-13(17)6-1-2-11-8(3-6)9-4-7(14(18)19)5-10(15(20)21)12(9)22-11/h1-5H. The molecule has 110 valence electrons. The zero-order valence-corrected chi connectivity index (χ0v) is 10.6. The number of fused-ring (bicyclic) bond motifs is 3. The second-order valence-electron chi connectivity index (χ2n) is 4.40. The van der Waals surface area contributed by atoms with Gasteiger partial charge in [-0.2, -0.15) is 0 Å². The van der Waals surface area contributed by atoms with Gasteiger partial charge in [0.2, 0.25) is 5.58 Å². The van der Waals surface area contributed by atoms with E-state index in [2.05, 4.69) is 0 Å². The molecule has 10 nitrogen and oxygen atoms in total. The molecule has 0 unspecified atom stereocenters. The quantitative estimate of drug-likeness (QED) is 0.533. The molecule has 2 aromatic carbocycles. The Hall–Kier alpha value is -3.56. The van der Waals surface area contributed by atoms with E-state index in [-0.39, 0.29) is 27.6 Å². The Morgan fingerprint density at radius 2 is 1.41 bits per heavy atom. The summed E-state index contributed by atoms with van der Waals surface area (Å²) < 4.78 is 5.33. The van der Waals surface area contributed by atoms with Gasteiger partial charge in [-0.15, -0.1) is 0 Å². The van der Waals surface area contributed by atoms with Crippen LogP contribution in [0.5, 0.6) is 0 Å². The maximum Gasteiger partial charge on any atom is 0.319 e. The molecule has 3 rings (SSSR count). The molecule has 1 aromatic heterocycles. The Morgan fingerprint density at radius 1 is 0.773 bits per heavy atom. The molecule has 0 spiro atoms. The van der Waals surface area contributed by atoms with Gasteiger partial charge in [-0.3, -0.25) is 30.3 Å². The van der Waals surface area contributed by atoms with E-state index in [4.69, 9.17) is 4.42 Å². The molecule has 1 heterocycles. The average Bonchev–Trinajstić information content (AvgIpc) is 2.83. The van der Waals surface area contributed by atoms with Crippen molar-refractivity contribution >= 4 is 39.0 Å². The number of hydrogen-bond donors (Lipinski definition) is 0. The van der Waals surface area contributed by atoms with Crippen LogP contribution in [-0.2, 0) is 0 Å². The van der Waals surface area contributed by atoms with E-state index in [0.29, 0.717) is 0 Å². The van der Waals surface area contributed by atoms with Crippen molar-refractivity contribution < 1.29 is 19.2 Å². The highest BCUT2D eigenvalue weighted by Gasteiger charge is 2.25. The van der Waals surface area contributed by atoms with Crippen LogP contribution < -0.4 is 0 Å². The highest BCUT2D eigenvalue weighted by atomic mass is 16.6. The lowest BCUT2D eigenvalue weighted by Crippen LogP contribution is -1.93. The van der Waals surface area contributed by atoms with Crippen molar-refractivity contribution in [2.24, 2.45) is 0 Å². The topological polar surface area (TPSA) is 143 Å². The maximum absolute atomic E-state index is 11.1. The molecule has 3 aromatic rings. The maximum atomic E-state index is 11.1. The third kappa shape index (κ3) is 1.90. The van der Waals surface area contributed by atoms with Crippen molar-refractivity contribution in [1.82, 2.24) is 0 Å². The van der Waals surface area contributed by atoms with Crippen LogP contribution in [0.2, 0.25) is 0 Å². The normalized spacial score (nSPS) is 10.9. The number of rotatable bonds is 3. The van der Waals surface area contributed by atoms with E-state index in [1.54, 1.807) is 0 Å². The summed E-state index contributed by atoms with van der Waals surface area (Å²) in [6, 6.07) is 5.53. The molecular formula is C12H5N3O7. The highest BCUT2D eigenvalue weighted by molar-refractivity contribution is 6.09. The van der Waals surface area contributed by atoms with Gasteiger partial charge in [0.25, 0.3) is 11.4 Å². The van der Waals surface area contributed by atoms with E-state index in [1.165, 1.54) is 12.1 Å². The predicted molar refractivity (Wildman–Crippen MR) is 73.7 cm³/mol. The Balaban J connectivity index is 2.47. The number of furan rings is 1. The zero-order chi connectivity index (χ0) is 16.0. The van der Waals surface area contributed by atoms with Gasteiger partial charge in [0.05, 0.1) is 20.8 Å². The van der Waals surface area contributed by atoms with Gasteiger partial charge in [-0.25, -0.2) is 0 Å². The molecule has 0 saturated carbocycles. The van der Waals surface area contributed by atoms with Crippen LogP contribution in [0.15, 0.2) is 34.7 Å². The minimum Gasteiger partial charge on any atom is -0.449 e. The van der Waals surface area contributed by atoms with Crippen molar-refractivity contribution in [2.75, 3.05) is 0 Å². The lowest BCUT2D eigenvalue weighted by Gasteiger charge is -1.94. The summed E-state index contributed by atoms with van der Waals surface area (Å²) in [6.07, 6.45) is 0. The van der Waals surface area contributed by atoms with Crippen LogP contribution in [0, 0.1) is 30.3 Å². The fourth-order valence-electron chi connectivity index (χ4n) is 2.19. The third-order valence-electron chi connectivity index (χ3n) is 3.14. The van der Waals surface area contributed by atoms with Gasteiger partial charge in [0, 0.05) is 29.0 Å². The molecular weight excluding hydrogens is 298 g/mol. The molecule has 0 aliphatic carbocycles. The van der Waals surface area contributed by atoms with E-state index >= 15 is 0 Å². The first-order chi connectivity index (χ1) is 10.4. The molecule has 0 atom stereocenters. The fourth-order valence-corrected chi connectivity index (χ4v) is 2.19. The third-order valence-corrected chi connectivity index (χ3v) is 3.14. The number of nitro groups is 3. The first-order valence-electron chi connectivity index (χ1n) is 5.82. The summed E-state index contributed by atoms with van der Waals surface area (Å²) in [6.45, 7) is 0. The molecule has 0 radical (unpaired) electrons. The second kappa shape index (κ2) is 4.48. The van der Waals surface area contributed by atoms with Gasteiger partial charge in [-0.05, 0) is 6.07 Å². The number of non-ortho nitro benzene ring substituents is 3. The Morgan fingerprint density at radius 3 is 2.00 bits per heavy atom. The number of benzene rings is 2. The SMILES string of the molecule is O=[N+]([O-])c1ccc2oc3c([N+](=O)[O-])cc([N+](=O)[O-])cc3c2c1.